The summed E-state index contributed by atoms with van der Waals surface area (Å²) in [7, 11) is 0. The van der Waals surface area contributed by atoms with E-state index in [1.807, 2.05) is 12.1 Å². The molecule has 0 radical (unpaired) electrons. The van der Waals surface area contributed by atoms with Crippen LogP contribution in [0.15, 0.2) is 42.5 Å². The molecule has 0 atom stereocenters. The second-order valence-electron chi connectivity index (χ2n) is 7.11. The number of nitrogens with one attached hydrogen (secondary N) is 1. The Kier molecular flexibility index (Phi) is 7.01. The molecule has 148 valence electrons. The van der Waals surface area contributed by atoms with E-state index in [4.69, 9.17) is 11.6 Å². The highest BCUT2D eigenvalue weighted by Gasteiger charge is 2.16. The number of nitro groups is 1. The standard InChI is InChI=1S/C21H24ClN3O3/c22-20-9-8-18(25(27)28)13-19(20)21(26)23-14-16-6-5-7-17(12-16)15-24-10-3-1-2-4-11-24/h5-9,12-13H,1-4,10-11,14-15H2,(H,23,26). The molecule has 0 aromatic heterocycles. The van der Waals surface area contributed by atoms with Gasteiger partial charge in [0.05, 0.1) is 15.5 Å². The van der Waals surface area contributed by atoms with Crippen LogP contribution in [0, 0.1) is 10.1 Å². The average Bonchev–Trinajstić information content (AvgIpc) is 2.95. The van der Waals surface area contributed by atoms with Crippen LogP contribution < -0.4 is 5.32 Å². The summed E-state index contributed by atoms with van der Waals surface area (Å²) < 4.78 is 0. The van der Waals surface area contributed by atoms with Gasteiger partial charge in [-0.2, -0.15) is 0 Å². The maximum Gasteiger partial charge on any atom is 0.270 e. The average molecular weight is 402 g/mol. The lowest BCUT2D eigenvalue weighted by Crippen LogP contribution is -2.25. The number of carbonyl (C=O) groups is 1. The third kappa shape index (κ3) is 5.53. The van der Waals surface area contributed by atoms with Crippen molar-refractivity contribution in [3.8, 4) is 0 Å². The molecule has 7 heteroatoms. The molecule has 2 aromatic rings. The predicted octanol–water partition coefficient (Wildman–Crippen LogP) is 4.55. The smallest absolute Gasteiger partial charge is 0.270 e. The molecule has 3 rings (SSSR count). The van der Waals surface area contributed by atoms with Crippen molar-refractivity contribution in [2.45, 2.75) is 38.8 Å². The molecule has 1 fully saturated rings. The topological polar surface area (TPSA) is 75.5 Å². The first-order valence-electron chi connectivity index (χ1n) is 9.55. The fourth-order valence-electron chi connectivity index (χ4n) is 3.47. The van der Waals surface area contributed by atoms with E-state index in [1.54, 1.807) is 0 Å². The van der Waals surface area contributed by atoms with Crippen molar-refractivity contribution in [1.82, 2.24) is 10.2 Å². The van der Waals surface area contributed by atoms with Gasteiger partial charge in [0.1, 0.15) is 0 Å². The van der Waals surface area contributed by atoms with Gasteiger partial charge in [0.15, 0.2) is 0 Å². The van der Waals surface area contributed by atoms with Crippen molar-refractivity contribution in [3.05, 3.63) is 74.3 Å². The van der Waals surface area contributed by atoms with Gasteiger partial charge in [-0.25, -0.2) is 0 Å². The molecule has 0 bridgehead atoms. The second kappa shape index (κ2) is 9.66. The Balaban J connectivity index is 1.62. The molecule has 0 spiro atoms. The number of halogens is 1. The van der Waals surface area contributed by atoms with E-state index in [9.17, 15) is 14.9 Å². The van der Waals surface area contributed by atoms with E-state index >= 15 is 0 Å². The molecule has 0 unspecified atom stereocenters. The minimum absolute atomic E-state index is 0.108. The molecule has 1 aliphatic rings. The van der Waals surface area contributed by atoms with Crippen LogP contribution in [0.1, 0.15) is 47.2 Å². The molecule has 2 aromatic carbocycles. The highest BCUT2D eigenvalue weighted by atomic mass is 35.5. The van der Waals surface area contributed by atoms with Gasteiger partial charge in [-0.3, -0.25) is 19.8 Å². The zero-order valence-corrected chi connectivity index (χ0v) is 16.5. The molecule has 1 heterocycles. The monoisotopic (exact) mass is 401 g/mol. The Hall–Kier alpha value is -2.44. The Labute approximate surface area is 169 Å². The Morgan fingerprint density at radius 3 is 2.50 bits per heavy atom. The zero-order chi connectivity index (χ0) is 19.9. The van der Waals surface area contributed by atoms with Crippen molar-refractivity contribution in [3.63, 3.8) is 0 Å². The Morgan fingerprint density at radius 1 is 1.07 bits per heavy atom. The van der Waals surface area contributed by atoms with E-state index in [-0.39, 0.29) is 16.3 Å². The summed E-state index contributed by atoms with van der Waals surface area (Å²) >= 11 is 6.04. The van der Waals surface area contributed by atoms with Gasteiger partial charge in [0.2, 0.25) is 0 Å². The summed E-state index contributed by atoms with van der Waals surface area (Å²) in [5.41, 5.74) is 2.16. The number of benzene rings is 2. The fourth-order valence-corrected chi connectivity index (χ4v) is 3.67. The van der Waals surface area contributed by atoms with Gasteiger partial charge < -0.3 is 5.32 Å². The van der Waals surface area contributed by atoms with Crippen LogP contribution in [0.5, 0.6) is 0 Å². The number of amides is 1. The van der Waals surface area contributed by atoms with Crippen LogP contribution in [0.25, 0.3) is 0 Å². The van der Waals surface area contributed by atoms with Gasteiger partial charge in [-0.15, -0.1) is 0 Å². The summed E-state index contributed by atoms with van der Waals surface area (Å²) in [5.74, 6) is -0.424. The lowest BCUT2D eigenvalue weighted by atomic mass is 10.1. The maximum atomic E-state index is 12.4. The molecule has 0 saturated carbocycles. The molecular formula is C21H24ClN3O3. The van der Waals surface area contributed by atoms with E-state index in [0.29, 0.717) is 6.54 Å². The van der Waals surface area contributed by atoms with Gasteiger partial charge in [-0.1, -0.05) is 48.7 Å². The van der Waals surface area contributed by atoms with Gasteiger partial charge in [0, 0.05) is 25.2 Å². The summed E-state index contributed by atoms with van der Waals surface area (Å²) in [4.78, 5) is 25.3. The summed E-state index contributed by atoms with van der Waals surface area (Å²) in [6.45, 7) is 3.52. The molecule has 0 aliphatic carbocycles. The maximum absolute atomic E-state index is 12.4. The molecule has 1 saturated heterocycles. The number of hydrogen-bond donors (Lipinski definition) is 1. The van der Waals surface area contributed by atoms with Crippen molar-refractivity contribution >= 4 is 23.2 Å². The molecule has 1 aliphatic heterocycles. The van der Waals surface area contributed by atoms with Crippen molar-refractivity contribution < 1.29 is 9.72 Å². The third-order valence-corrected chi connectivity index (χ3v) is 5.28. The number of hydrogen-bond acceptors (Lipinski definition) is 4. The van der Waals surface area contributed by atoms with Gasteiger partial charge in [0.25, 0.3) is 11.6 Å². The quantitative estimate of drug-likeness (QED) is 0.569. The highest BCUT2D eigenvalue weighted by molar-refractivity contribution is 6.33. The molecule has 1 amide bonds. The van der Waals surface area contributed by atoms with E-state index in [2.05, 4.69) is 22.3 Å². The highest BCUT2D eigenvalue weighted by Crippen LogP contribution is 2.22. The summed E-state index contributed by atoms with van der Waals surface area (Å²) in [6, 6.07) is 12.0. The third-order valence-electron chi connectivity index (χ3n) is 4.95. The van der Waals surface area contributed by atoms with Crippen LogP contribution >= 0.6 is 11.6 Å². The molecular weight excluding hydrogens is 378 g/mol. The summed E-state index contributed by atoms with van der Waals surface area (Å²) in [6.07, 6.45) is 5.12. The Bertz CT molecular complexity index is 849. The summed E-state index contributed by atoms with van der Waals surface area (Å²) in [5, 5.41) is 13.9. The van der Waals surface area contributed by atoms with Gasteiger partial charge in [-0.05, 0) is 43.1 Å². The van der Waals surface area contributed by atoms with Gasteiger partial charge >= 0.3 is 0 Å². The normalized spacial score (nSPS) is 15.0. The van der Waals surface area contributed by atoms with Crippen LogP contribution in [-0.4, -0.2) is 28.8 Å². The van der Waals surface area contributed by atoms with Crippen molar-refractivity contribution in [2.75, 3.05) is 13.1 Å². The lowest BCUT2D eigenvalue weighted by molar-refractivity contribution is -0.384. The predicted molar refractivity (Wildman–Crippen MR) is 109 cm³/mol. The number of nitro benzene ring substituents is 1. The molecule has 6 nitrogen and oxygen atoms in total. The lowest BCUT2D eigenvalue weighted by Gasteiger charge is -2.20. The molecule has 28 heavy (non-hydrogen) atoms. The number of rotatable bonds is 6. The number of nitrogens with zero attached hydrogens (tertiary/aromatic N) is 2. The number of likely N-dealkylation sites (tertiary alicyclic amines) is 1. The number of non-ortho nitro benzene ring substituents is 1. The van der Waals surface area contributed by atoms with E-state index in [0.717, 1.165) is 25.2 Å². The SMILES string of the molecule is O=C(NCc1cccc(CN2CCCCCC2)c1)c1cc([N+](=O)[O-])ccc1Cl. The van der Waals surface area contributed by atoms with E-state index < -0.39 is 10.8 Å². The largest absolute Gasteiger partial charge is 0.348 e. The number of carbonyl (C=O) groups excluding carboxylic acids is 1. The van der Waals surface area contributed by atoms with Crippen LogP contribution in [0.3, 0.4) is 0 Å². The van der Waals surface area contributed by atoms with E-state index in [1.165, 1.54) is 49.4 Å². The first-order chi connectivity index (χ1) is 13.5. The van der Waals surface area contributed by atoms with Crippen LogP contribution in [0.2, 0.25) is 5.02 Å². The first-order valence-corrected chi connectivity index (χ1v) is 9.93. The van der Waals surface area contributed by atoms with Crippen LogP contribution in [0.4, 0.5) is 5.69 Å². The second-order valence-corrected chi connectivity index (χ2v) is 7.52. The minimum atomic E-state index is -0.542. The molecule has 1 N–H and O–H groups in total. The Morgan fingerprint density at radius 2 is 1.79 bits per heavy atom. The fraction of sp³-hybridized carbons (Fsp3) is 0.381. The van der Waals surface area contributed by atoms with Crippen LogP contribution in [-0.2, 0) is 13.1 Å². The van der Waals surface area contributed by atoms with Crippen molar-refractivity contribution in [1.29, 1.82) is 0 Å². The van der Waals surface area contributed by atoms with Crippen molar-refractivity contribution in [2.24, 2.45) is 0 Å². The minimum Gasteiger partial charge on any atom is -0.348 e. The first kappa shape index (κ1) is 20.3. The zero-order valence-electron chi connectivity index (χ0n) is 15.7.